The van der Waals surface area contributed by atoms with Gasteiger partial charge in [-0.25, -0.2) is 0 Å². The van der Waals surface area contributed by atoms with E-state index in [1.807, 2.05) is 42.4 Å². The van der Waals surface area contributed by atoms with Crippen LogP contribution in [-0.4, -0.2) is 44.9 Å². The first-order valence-corrected chi connectivity index (χ1v) is 9.65. The number of carbonyl (C=O) groups is 1. The summed E-state index contributed by atoms with van der Waals surface area (Å²) in [5.74, 6) is 1.00. The average Bonchev–Trinajstić information content (AvgIpc) is 3.43. The fraction of sp³-hybridized carbons (Fsp3) is 0.304. The second-order valence-electron chi connectivity index (χ2n) is 7.67. The van der Waals surface area contributed by atoms with Gasteiger partial charge in [0.15, 0.2) is 0 Å². The van der Waals surface area contributed by atoms with Gasteiger partial charge >= 0.3 is 0 Å². The van der Waals surface area contributed by atoms with Crippen molar-refractivity contribution in [3.63, 3.8) is 0 Å². The summed E-state index contributed by atoms with van der Waals surface area (Å²) in [6, 6.07) is 14.3. The molecule has 142 valence electrons. The van der Waals surface area contributed by atoms with Gasteiger partial charge < -0.3 is 14.5 Å². The quantitative estimate of drug-likeness (QED) is 0.829. The summed E-state index contributed by atoms with van der Waals surface area (Å²) in [6.45, 7) is 1.49. The smallest absolute Gasteiger partial charge is 0.253 e. The fourth-order valence-corrected chi connectivity index (χ4v) is 4.66. The molecule has 0 aliphatic carbocycles. The zero-order valence-corrected chi connectivity index (χ0v) is 16.2. The molecule has 1 unspecified atom stereocenters. The van der Waals surface area contributed by atoms with E-state index in [0.717, 1.165) is 54.2 Å². The molecule has 0 aromatic heterocycles. The van der Waals surface area contributed by atoms with Crippen LogP contribution in [0.3, 0.4) is 0 Å². The van der Waals surface area contributed by atoms with Gasteiger partial charge in [-0.05, 0) is 41.3 Å². The van der Waals surface area contributed by atoms with Gasteiger partial charge in [-0.1, -0.05) is 24.3 Å². The number of carbonyl (C=O) groups excluding carboxylic acids is 1. The highest BCUT2D eigenvalue weighted by Gasteiger charge is 2.54. The summed E-state index contributed by atoms with van der Waals surface area (Å²) in [4.78, 5) is 21.9. The first kappa shape index (κ1) is 17.0. The van der Waals surface area contributed by atoms with Crippen LogP contribution in [-0.2, 0) is 11.2 Å². The number of nitrogens with zero attached hydrogens (tertiary/aromatic N) is 3. The predicted octanol–water partition coefficient (Wildman–Crippen LogP) is 3.33. The second kappa shape index (κ2) is 6.23. The van der Waals surface area contributed by atoms with Crippen LogP contribution in [0.2, 0.25) is 0 Å². The number of fused-ring (bicyclic) bond motifs is 1. The van der Waals surface area contributed by atoms with Crippen LogP contribution in [0.4, 0.5) is 11.4 Å². The topological polar surface area (TPSA) is 45.1 Å². The van der Waals surface area contributed by atoms with E-state index < -0.39 is 5.54 Å². The lowest BCUT2D eigenvalue weighted by Gasteiger charge is -2.32. The Labute approximate surface area is 164 Å². The van der Waals surface area contributed by atoms with Crippen molar-refractivity contribution in [2.75, 3.05) is 37.0 Å². The monoisotopic (exact) mass is 373 g/mol. The van der Waals surface area contributed by atoms with Crippen molar-refractivity contribution in [3.8, 4) is 5.75 Å². The maximum Gasteiger partial charge on any atom is 0.253 e. The molecule has 3 aliphatic heterocycles. The van der Waals surface area contributed by atoms with Crippen molar-refractivity contribution >= 4 is 29.1 Å². The molecule has 28 heavy (non-hydrogen) atoms. The SMILES string of the molecule is COc1ccc2c(c1)N(C)C1(CCN(c3ccc(C4=CCN=C4)cc3)C1=O)C2. The third-order valence-corrected chi connectivity index (χ3v) is 6.33. The standard InChI is InChI=1S/C23H23N3O2/c1-25-21-13-20(28-2)8-5-17(21)14-23(25)10-12-26(22(23)27)19-6-3-16(4-7-19)18-9-11-24-15-18/h3-9,13,15H,10-12,14H2,1-2H3. The highest BCUT2D eigenvalue weighted by molar-refractivity contribution is 6.12. The number of aliphatic imine (C=N–C) groups is 1. The maximum atomic E-state index is 13.5. The Morgan fingerprint density at radius 1 is 1.14 bits per heavy atom. The molecule has 1 fully saturated rings. The number of allylic oxidation sites excluding steroid dienone is 1. The predicted molar refractivity (Wildman–Crippen MR) is 113 cm³/mol. The van der Waals surface area contributed by atoms with E-state index in [2.05, 4.69) is 34.2 Å². The van der Waals surface area contributed by atoms with Crippen molar-refractivity contribution < 1.29 is 9.53 Å². The van der Waals surface area contributed by atoms with Gasteiger partial charge in [-0.15, -0.1) is 0 Å². The molecule has 0 radical (unpaired) electrons. The van der Waals surface area contributed by atoms with Crippen molar-refractivity contribution in [1.29, 1.82) is 0 Å². The second-order valence-corrected chi connectivity index (χ2v) is 7.67. The largest absolute Gasteiger partial charge is 0.497 e. The van der Waals surface area contributed by atoms with Crippen molar-refractivity contribution in [2.24, 2.45) is 4.99 Å². The van der Waals surface area contributed by atoms with Gasteiger partial charge in [-0.2, -0.15) is 0 Å². The Hall–Kier alpha value is -3.08. The van der Waals surface area contributed by atoms with E-state index in [0.29, 0.717) is 0 Å². The first-order chi connectivity index (χ1) is 13.6. The van der Waals surface area contributed by atoms with Gasteiger partial charge in [-0.3, -0.25) is 9.79 Å². The van der Waals surface area contributed by atoms with Crippen LogP contribution in [0.25, 0.3) is 5.57 Å². The van der Waals surface area contributed by atoms with Crippen LogP contribution in [0.1, 0.15) is 17.5 Å². The number of benzene rings is 2. The molecule has 5 rings (SSSR count). The summed E-state index contributed by atoms with van der Waals surface area (Å²) in [6.07, 6.45) is 5.59. The minimum Gasteiger partial charge on any atom is -0.497 e. The van der Waals surface area contributed by atoms with E-state index in [1.54, 1.807) is 7.11 Å². The third-order valence-electron chi connectivity index (χ3n) is 6.33. The molecule has 3 aliphatic rings. The van der Waals surface area contributed by atoms with Gasteiger partial charge in [0.25, 0.3) is 5.91 Å². The summed E-state index contributed by atoms with van der Waals surface area (Å²) in [7, 11) is 3.70. The van der Waals surface area contributed by atoms with E-state index in [9.17, 15) is 4.79 Å². The lowest BCUT2D eigenvalue weighted by atomic mass is 9.92. The number of likely N-dealkylation sites (N-methyl/N-ethyl adjacent to an activating group) is 1. The molecule has 1 amide bonds. The molecule has 3 heterocycles. The van der Waals surface area contributed by atoms with Crippen LogP contribution < -0.4 is 14.5 Å². The molecule has 0 saturated carbocycles. The summed E-state index contributed by atoms with van der Waals surface area (Å²) < 4.78 is 5.37. The lowest BCUT2D eigenvalue weighted by Crippen LogP contribution is -2.51. The normalized spacial score (nSPS) is 22.9. The summed E-state index contributed by atoms with van der Waals surface area (Å²) >= 11 is 0. The molecule has 2 aromatic carbocycles. The van der Waals surface area contributed by atoms with Crippen molar-refractivity contribution in [2.45, 2.75) is 18.4 Å². The highest BCUT2D eigenvalue weighted by Crippen LogP contribution is 2.45. The molecule has 1 spiro atoms. The van der Waals surface area contributed by atoms with Crippen molar-refractivity contribution in [3.05, 3.63) is 59.7 Å². The van der Waals surface area contributed by atoms with Gasteiger partial charge in [0.2, 0.25) is 0 Å². The van der Waals surface area contributed by atoms with Crippen LogP contribution in [0.15, 0.2) is 53.5 Å². The Balaban J connectivity index is 1.42. The lowest BCUT2D eigenvalue weighted by molar-refractivity contribution is -0.121. The molecule has 0 bridgehead atoms. The van der Waals surface area contributed by atoms with Gasteiger partial charge in [0.1, 0.15) is 11.3 Å². The average molecular weight is 373 g/mol. The first-order valence-electron chi connectivity index (χ1n) is 9.65. The number of amides is 1. The van der Waals surface area contributed by atoms with E-state index in [4.69, 9.17) is 4.74 Å². The van der Waals surface area contributed by atoms with E-state index in [-0.39, 0.29) is 5.91 Å². The van der Waals surface area contributed by atoms with Gasteiger partial charge in [0.05, 0.1) is 13.7 Å². The Bertz CT molecular complexity index is 1010. The summed E-state index contributed by atoms with van der Waals surface area (Å²) in [5.41, 5.74) is 5.06. The summed E-state index contributed by atoms with van der Waals surface area (Å²) in [5, 5.41) is 0. The number of methoxy groups -OCH3 is 1. The van der Waals surface area contributed by atoms with Crippen LogP contribution >= 0.6 is 0 Å². The van der Waals surface area contributed by atoms with E-state index >= 15 is 0 Å². The number of hydrogen-bond donors (Lipinski definition) is 0. The number of rotatable bonds is 3. The Morgan fingerprint density at radius 3 is 2.68 bits per heavy atom. The van der Waals surface area contributed by atoms with Crippen molar-refractivity contribution in [1.82, 2.24) is 0 Å². The van der Waals surface area contributed by atoms with Crippen LogP contribution in [0, 0.1) is 0 Å². The maximum absolute atomic E-state index is 13.5. The molecule has 1 atom stereocenters. The molecular weight excluding hydrogens is 350 g/mol. The number of ether oxygens (including phenoxy) is 1. The molecule has 5 heteroatoms. The minimum atomic E-state index is -0.492. The molecule has 5 nitrogen and oxygen atoms in total. The zero-order chi connectivity index (χ0) is 19.3. The molecular formula is C23H23N3O2. The Morgan fingerprint density at radius 2 is 1.96 bits per heavy atom. The molecule has 1 saturated heterocycles. The molecule has 2 aromatic rings. The number of hydrogen-bond acceptors (Lipinski definition) is 4. The Kier molecular flexibility index (Phi) is 3.79. The fourth-order valence-electron chi connectivity index (χ4n) is 4.66. The molecule has 0 N–H and O–H groups in total. The highest BCUT2D eigenvalue weighted by atomic mass is 16.5. The number of anilines is 2. The van der Waals surface area contributed by atoms with E-state index in [1.165, 1.54) is 5.56 Å². The zero-order valence-electron chi connectivity index (χ0n) is 16.2. The third kappa shape index (κ3) is 2.39. The van der Waals surface area contributed by atoms with Gasteiger partial charge in [0, 0.05) is 43.7 Å². The van der Waals surface area contributed by atoms with Crippen LogP contribution in [0.5, 0.6) is 5.75 Å². The minimum absolute atomic E-state index is 0.180.